The molecule has 2 aromatic rings. The minimum Gasteiger partial charge on any atom is -0.486 e. The van der Waals surface area contributed by atoms with Crippen LogP contribution in [-0.4, -0.2) is 55.6 Å². The van der Waals surface area contributed by atoms with E-state index in [0.29, 0.717) is 13.1 Å². The van der Waals surface area contributed by atoms with Gasteiger partial charge in [0.2, 0.25) is 0 Å². The highest BCUT2D eigenvalue weighted by molar-refractivity contribution is 5.92. The first kappa shape index (κ1) is 22.8. The van der Waals surface area contributed by atoms with Gasteiger partial charge in [-0.1, -0.05) is 12.1 Å². The summed E-state index contributed by atoms with van der Waals surface area (Å²) in [4.78, 5) is 18.8. The third-order valence-electron chi connectivity index (χ3n) is 4.89. The Morgan fingerprint density at radius 2 is 1.90 bits per heavy atom. The number of aromatic nitrogens is 1. The van der Waals surface area contributed by atoms with E-state index >= 15 is 0 Å². The molecule has 1 aromatic carbocycles. The van der Waals surface area contributed by atoms with Crippen LogP contribution < -0.4 is 9.47 Å². The molecule has 0 spiro atoms. The van der Waals surface area contributed by atoms with E-state index in [9.17, 15) is 22.4 Å². The first-order valence-corrected chi connectivity index (χ1v) is 9.70. The zero-order valence-corrected chi connectivity index (χ0v) is 16.8. The standard InChI is InChI=1S/C21H22F4N2O4/c1-29-19-18(30-11-12-31-21(23,24)25)9-8-17(26-19)20(28)27-10-2-3-15(13-27)14-4-6-16(22)7-5-14/h4-9,15H,2-3,10-13H2,1H3. The summed E-state index contributed by atoms with van der Waals surface area (Å²) in [5.41, 5.74) is 1.10. The molecule has 0 radical (unpaired) electrons. The number of rotatable bonds is 7. The van der Waals surface area contributed by atoms with Crippen LogP contribution in [0.25, 0.3) is 0 Å². The number of pyridine rings is 1. The van der Waals surface area contributed by atoms with Gasteiger partial charge in [-0.2, -0.15) is 0 Å². The van der Waals surface area contributed by atoms with E-state index in [-0.39, 0.29) is 41.6 Å². The van der Waals surface area contributed by atoms with Gasteiger partial charge in [-0.15, -0.1) is 13.2 Å². The van der Waals surface area contributed by atoms with Crippen LogP contribution >= 0.6 is 0 Å². The second kappa shape index (κ2) is 9.95. The summed E-state index contributed by atoms with van der Waals surface area (Å²) in [6.45, 7) is -0.0166. The van der Waals surface area contributed by atoms with E-state index in [1.165, 1.54) is 31.4 Å². The van der Waals surface area contributed by atoms with Gasteiger partial charge in [0.25, 0.3) is 11.8 Å². The van der Waals surface area contributed by atoms with Gasteiger partial charge in [-0.05, 0) is 42.7 Å². The van der Waals surface area contributed by atoms with E-state index < -0.39 is 13.0 Å². The van der Waals surface area contributed by atoms with Crippen molar-refractivity contribution in [3.05, 3.63) is 53.5 Å². The molecule has 31 heavy (non-hydrogen) atoms. The number of amides is 1. The topological polar surface area (TPSA) is 60.9 Å². The third kappa shape index (κ3) is 6.30. The summed E-state index contributed by atoms with van der Waals surface area (Å²) < 4.78 is 63.2. The van der Waals surface area contributed by atoms with Crippen LogP contribution in [0.1, 0.15) is 34.8 Å². The lowest BCUT2D eigenvalue weighted by molar-refractivity contribution is -0.325. The second-order valence-corrected chi connectivity index (χ2v) is 6.99. The van der Waals surface area contributed by atoms with E-state index in [4.69, 9.17) is 9.47 Å². The molecule has 1 aromatic heterocycles. The Balaban J connectivity index is 1.64. The van der Waals surface area contributed by atoms with E-state index in [1.54, 1.807) is 17.0 Å². The van der Waals surface area contributed by atoms with Gasteiger partial charge in [-0.3, -0.25) is 9.53 Å². The van der Waals surface area contributed by atoms with Crippen LogP contribution in [0.2, 0.25) is 0 Å². The summed E-state index contributed by atoms with van der Waals surface area (Å²) in [5, 5.41) is 0. The molecule has 1 unspecified atom stereocenters. The number of carbonyl (C=O) groups excluding carboxylic acids is 1. The van der Waals surface area contributed by atoms with Crippen molar-refractivity contribution in [1.82, 2.24) is 9.88 Å². The Hall–Kier alpha value is -2.88. The molecule has 1 aliphatic heterocycles. The number of piperidine rings is 1. The fourth-order valence-electron chi connectivity index (χ4n) is 3.44. The Labute approximate surface area is 176 Å². The van der Waals surface area contributed by atoms with Crippen LogP contribution in [0.5, 0.6) is 11.6 Å². The molecule has 10 heteroatoms. The molecule has 0 aliphatic carbocycles. The highest BCUT2D eigenvalue weighted by atomic mass is 19.4. The average molecular weight is 442 g/mol. The van der Waals surface area contributed by atoms with Gasteiger partial charge in [0.15, 0.2) is 5.75 Å². The summed E-state index contributed by atoms with van der Waals surface area (Å²) in [7, 11) is 1.32. The number of carbonyl (C=O) groups is 1. The molecule has 0 saturated carbocycles. The summed E-state index contributed by atoms with van der Waals surface area (Å²) in [6.07, 6.45) is -3.05. The van der Waals surface area contributed by atoms with Crippen molar-refractivity contribution in [3.63, 3.8) is 0 Å². The van der Waals surface area contributed by atoms with Crippen molar-refractivity contribution in [2.45, 2.75) is 25.1 Å². The number of alkyl halides is 3. The smallest absolute Gasteiger partial charge is 0.486 e. The molecule has 0 bridgehead atoms. The Morgan fingerprint density at radius 1 is 1.16 bits per heavy atom. The lowest BCUT2D eigenvalue weighted by Crippen LogP contribution is -2.39. The number of likely N-dealkylation sites (tertiary alicyclic amines) is 1. The first-order valence-electron chi connectivity index (χ1n) is 9.70. The maximum Gasteiger partial charge on any atom is 0.522 e. The Kier molecular flexibility index (Phi) is 7.32. The zero-order chi connectivity index (χ0) is 22.4. The maximum atomic E-state index is 13.2. The number of benzene rings is 1. The van der Waals surface area contributed by atoms with Crippen molar-refractivity contribution < 1.29 is 36.6 Å². The van der Waals surface area contributed by atoms with Crippen LogP contribution in [0.4, 0.5) is 17.6 Å². The fraction of sp³-hybridized carbons (Fsp3) is 0.429. The molecule has 1 amide bonds. The van der Waals surface area contributed by atoms with E-state index in [1.807, 2.05) is 0 Å². The number of hydrogen-bond acceptors (Lipinski definition) is 5. The molecule has 168 valence electrons. The first-order chi connectivity index (χ1) is 14.8. The van der Waals surface area contributed by atoms with Crippen molar-refractivity contribution in [3.8, 4) is 11.6 Å². The van der Waals surface area contributed by atoms with Gasteiger partial charge in [0, 0.05) is 19.0 Å². The fourth-order valence-corrected chi connectivity index (χ4v) is 3.44. The van der Waals surface area contributed by atoms with Crippen molar-refractivity contribution in [2.75, 3.05) is 33.4 Å². The minimum atomic E-state index is -4.73. The quantitative estimate of drug-likeness (QED) is 0.476. The van der Waals surface area contributed by atoms with Crippen LogP contribution in [0, 0.1) is 5.82 Å². The van der Waals surface area contributed by atoms with E-state index in [2.05, 4.69) is 9.72 Å². The lowest BCUT2D eigenvalue weighted by Gasteiger charge is -2.33. The molecule has 1 saturated heterocycles. The maximum absolute atomic E-state index is 13.2. The number of ether oxygens (including phenoxy) is 3. The van der Waals surface area contributed by atoms with Gasteiger partial charge >= 0.3 is 6.36 Å². The van der Waals surface area contributed by atoms with Gasteiger partial charge in [0.1, 0.15) is 18.1 Å². The average Bonchev–Trinajstić information content (AvgIpc) is 2.76. The number of hydrogen-bond donors (Lipinski definition) is 0. The predicted octanol–water partition coefficient (Wildman–Crippen LogP) is 4.16. The van der Waals surface area contributed by atoms with Gasteiger partial charge in [0.05, 0.1) is 13.7 Å². The van der Waals surface area contributed by atoms with Gasteiger partial charge in [-0.25, -0.2) is 9.37 Å². The lowest BCUT2D eigenvalue weighted by atomic mass is 9.90. The van der Waals surface area contributed by atoms with E-state index in [0.717, 1.165) is 18.4 Å². The minimum absolute atomic E-state index is 0.00930. The molecule has 1 fully saturated rings. The molecule has 1 aliphatic rings. The number of nitrogens with zero attached hydrogens (tertiary/aromatic N) is 2. The van der Waals surface area contributed by atoms with Crippen molar-refractivity contribution in [2.24, 2.45) is 0 Å². The largest absolute Gasteiger partial charge is 0.522 e. The van der Waals surface area contributed by atoms with Crippen LogP contribution in [0.15, 0.2) is 36.4 Å². The molecule has 0 N–H and O–H groups in total. The monoisotopic (exact) mass is 442 g/mol. The van der Waals surface area contributed by atoms with Gasteiger partial charge < -0.3 is 14.4 Å². The Bertz CT molecular complexity index is 890. The van der Waals surface area contributed by atoms with Crippen LogP contribution in [-0.2, 0) is 4.74 Å². The van der Waals surface area contributed by atoms with Crippen LogP contribution in [0.3, 0.4) is 0 Å². The predicted molar refractivity (Wildman–Crippen MR) is 103 cm³/mol. The normalized spacial score (nSPS) is 16.8. The highest BCUT2D eigenvalue weighted by Gasteiger charge is 2.29. The van der Waals surface area contributed by atoms with Crippen molar-refractivity contribution in [1.29, 1.82) is 0 Å². The third-order valence-corrected chi connectivity index (χ3v) is 4.89. The molecule has 2 heterocycles. The second-order valence-electron chi connectivity index (χ2n) is 6.99. The zero-order valence-electron chi connectivity index (χ0n) is 16.8. The molecule has 3 rings (SSSR count). The number of methoxy groups -OCH3 is 1. The SMILES string of the molecule is COc1nc(C(=O)N2CCCC(c3ccc(F)cc3)C2)ccc1OCCOC(F)(F)F. The van der Waals surface area contributed by atoms with Crippen molar-refractivity contribution >= 4 is 5.91 Å². The number of halogens is 4. The molecular weight excluding hydrogens is 420 g/mol. The molecular formula is C21H22F4N2O4. The summed E-state index contributed by atoms with van der Waals surface area (Å²) >= 11 is 0. The Morgan fingerprint density at radius 3 is 2.58 bits per heavy atom. The highest BCUT2D eigenvalue weighted by Crippen LogP contribution is 2.29. The molecule has 6 nitrogen and oxygen atoms in total. The summed E-state index contributed by atoms with van der Waals surface area (Å²) in [6, 6.07) is 9.12. The summed E-state index contributed by atoms with van der Waals surface area (Å²) in [5.74, 6) is -0.415. The molecule has 1 atom stereocenters.